The average Bonchev–Trinajstić information content (AvgIpc) is 2.43. The van der Waals surface area contributed by atoms with E-state index in [2.05, 4.69) is 37.9 Å². The van der Waals surface area contributed by atoms with Crippen LogP contribution in [0.4, 0.5) is 4.39 Å². The molecule has 5 heteroatoms. The monoisotopic (exact) mass is 383 g/mol. The number of ether oxygens (including phenoxy) is 1. The summed E-state index contributed by atoms with van der Waals surface area (Å²) in [6.07, 6.45) is 0. The van der Waals surface area contributed by atoms with Crippen molar-refractivity contribution in [3.8, 4) is 17.6 Å². The van der Waals surface area contributed by atoms with Crippen LogP contribution in [0.25, 0.3) is 0 Å². The Morgan fingerprint density at radius 1 is 1.21 bits per heavy atom. The van der Waals surface area contributed by atoms with Crippen LogP contribution in [0.3, 0.4) is 0 Å². The van der Waals surface area contributed by atoms with Crippen molar-refractivity contribution < 1.29 is 9.13 Å². The lowest BCUT2D eigenvalue weighted by atomic mass is 10.1. The standard InChI is InChI=1S/C14H8Br2FNO/c15-7-9-1-4-14(10(5-9)8-18)19-11-2-3-12(16)13(17)6-11/h1-6H,7H2. The minimum atomic E-state index is -0.409. The maximum absolute atomic E-state index is 13.4. The van der Waals surface area contributed by atoms with Gasteiger partial charge in [-0.1, -0.05) is 22.0 Å². The van der Waals surface area contributed by atoms with Gasteiger partial charge >= 0.3 is 0 Å². The number of hydrogen-bond donors (Lipinski definition) is 0. The van der Waals surface area contributed by atoms with Crippen molar-refractivity contribution >= 4 is 31.9 Å². The van der Waals surface area contributed by atoms with Crippen molar-refractivity contribution in [3.05, 3.63) is 57.8 Å². The van der Waals surface area contributed by atoms with Gasteiger partial charge in [0.2, 0.25) is 0 Å². The van der Waals surface area contributed by atoms with Crippen molar-refractivity contribution in [2.24, 2.45) is 0 Å². The second-order valence-corrected chi connectivity index (χ2v) is 5.17. The molecule has 0 fully saturated rings. The van der Waals surface area contributed by atoms with E-state index >= 15 is 0 Å². The highest BCUT2D eigenvalue weighted by atomic mass is 79.9. The molecule has 0 bridgehead atoms. The quantitative estimate of drug-likeness (QED) is 0.685. The third kappa shape index (κ3) is 3.34. The van der Waals surface area contributed by atoms with Gasteiger partial charge in [-0.3, -0.25) is 0 Å². The summed E-state index contributed by atoms with van der Waals surface area (Å²) in [5.74, 6) is 0.353. The van der Waals surface area contributed by atoms with Gasteiger partial charge in [0.15, 0.2) is 0 Å². The van der Waals surface area contributed by atoms with Gasteiger partial charge in [0.05, 0.1) is 10.0 Å². The van der Waals surface area contributed by atoms with E-state index in [0.29, 0.717) is 26.9 Å². The highest BCUT2D eigenvalue weighted by Gasteiger charge is 2.07. The lowest BCUT2D eigenvalue weighted by Crippen LogP contribution is -1.91. The summed E-state index contributed by atoms with van der Waals surface area (Å²) in [4.78, 5) is 0. The van der Waals surface area contributed by atoms with E-state index in [0.717, 1.165) is 5.56 Å². The van der Waals surface area contributed by atoms with Gasteiger partial charge in [0.25, 0.3) is 0 Å². The first kappa shape index (κ1) is 14.0. The van der Waals surface area contributed by atoms with E-state index in [9.17, 15) is 4.39 Å². The van der Waals surface area contributed by atoms with Crippen LogP contribution in [-0.2, 0) is 5.33 Å². The first-order valence-corrected chi connectivity index (χ1v) is 7.27. The molecule has 0 radical (unpaired) electrons. The molecule has 19 heavy (non-hydrogen) atoms. The molecule has 2 aromatic rings. The third-order valence-electron chi connectivity index (χ3n) is 2.44. The van der Waals surface area contributed by atoms with Crippen LogP contribution in [0, 0.1) is 17.1 Å². The third-order valence-corrected chi connectivity index (χ3v) is 3.73. The Hall–Kier alpha value is -1.38. The van der Waals surface area contributed by atoms with E-state index in [4.69, 9.17) is 10.00 Å². The predicted octanol–water partition coefficient (Wildman–Crippen LogP) is 5.15. The smallest absolute Gasteiger partial charge is 0.145 e. The Kier molecular flexibility index (Phi) is 4.56. The molecule has 0 aliphatic rings. The summed E-state index contributed by atoms with van der Waals surface area (Å²) in [6, 6.07) is 11.8. The summed E-state index contributed by atoms with van der Waals surface area (Å²) in [7, 11) is 0. The minimum Gasteiger partial charge on any atom is -0.456 e. The van der Waals surface area contributed by atoms with Gasteiger partial charge in [-0.25, -0.2) is 4.39 Å². The molecule has 0 unspecified atom stereocenters. The predicted molar refractivity (Wildman–Crippen MR) is 78.0 cm³/mol. The van der Waals surface area contributed by atoms with E-state index in [1.54, 1.807) is 24.3 Å². The summed E-state index contributed by atoms with van der Waals surface area (Å²) in [5, 5.41) is 9.75. The number of nitrogens with zero attached hydrogens (tertiary/aromatic N) is 1. The molecule has 0 aliphatic heterocycles. The second kappa shape index (κ2) is 6.18. The zero-order valence-electron chi connectivity index (χ0n) is 9.66. The van der Waals surface area contributed by atoms with Crippen LogP contribution in [0.2, 0.25) is 0 Å². The van der Waals surface area contributed by atoms with E-state index < -0.39 is 5.82 Å². The molecular weight excluding hydrogens is 377 g/mol. The average molecular weight is 385 g/mol. The van der Waals surface area contributed by atoms with E-state index in [-0.39, 0.29) is 0 Å². The largest absolute Gasteiger partial charge is 0.456 e. The molecule has 0 saturated carbocycles. The van der Waals surface area contributed by atoms with Crippen LogP contribution >= 0.6 is 31.9 Å². The first-order chi connectivity index (χ1) is 9.13. The van der Waals surface area contributed by atoms with Crippen molar-refractivity contribution in [2.45, 2.75) is 5.33 Å². The summed E-state index contributed by atoms with van der Waals surface area (Å²) in [5.41, 5.74) is 1.39. The van der Waals surface area contributed by atoms with Gasteiger partial charge in [-0.05, 0) is 45.8 Å². The highest BCUT2D eigenvalue weighted by molar-refractivity contribution is 9.10. The molecule has 0 saturated heterocycles. The molecule has 2 rings (SSSR count). The van der Waals surface area contributed by atoms with E-state index in [1.165, 1.54) is 6.07 Å². The molecule has 0 aromatic heterocycles. The van der Waals surface area contributed by atoms with Gasteiger partial charge in [0, 0.05) is 11.4 Å². The lowest BCUT2D eigenvalue weighted by Gasteiger charge is -2.08. The van der Waals surface area contributed by atoms with Crippen LogP contribution in [-0.4, -0.2) is 0 Å². The minimum absolute atomic E-state index is 0.351. The molecule has 0 amide bonds. The highest BCUT2D eigenvalue weighted by Crippen LogP contribution is 2.28. The van der Waals surface area contributed by atoms with Gasteiger partial charge in [-0.2, -0.15) is 5.26 Å². The summed E-state index contributed by atoms with van der Waals surface area (Å²) < 4.78 is 19.3. The van der Waals surface area contributed by atoms with Crippen molar-refractivity contribution in [1.29, 1.82) is 5.26 Å². The molecule has 0 N–H and O–H groups in total. The Morgan fingerprint density at radius 2 is 2.00 bits per heavy atom. The van der Waals surface area contributed by atoms with Crippen LogP contribution in [0.15, 0.2) is 40.9 Å². The first-order valence-electron chi connectivity index (χ1n) is 5.36. The number of rotatable bonds is 3. The van der Waals surface area contributed by atoms with Crippen molar-refractivity contribution in [3.63, 3.8) is 0 Å². The molecule has 0 aliphatic carbocycles. The fourth-order valence-corrected chi connectivity index (χ4v) is 2.10. The molecule has 0 atom stereocenters. The maximum Gasteiger partial charge on any atom is 0.145 e. The van der Waals surface area contributed by atoms with E-state index in [1.807, 2.05) is 6.07 Å². The van der Waals surface area contributed by atoms with Crippen molar-refractivity contribution in [2.75, 3.05) is 0 Å². The number of alkyl halides is 1. The molecule has 0 heterocycles. The Labute approximate surface area is 127 Å². The fraction of sp³-hybridized carbons (Fsp3) is 0.0714. The molecule has 2 aromatic carbocycles. The van der Waals surface area contributed by atoms with Crippen LogP contribution in [0.5, 0.6) is 11.5 Å². The van der Waals surface area contributed by atoms with Crippen LogP contribution in [0.1, 0.15) is 11.1 Å². The Bertz CT molecular complexity index is 652. The van der Waals surface area contributed by atoms with Gasteiger partial charge in [0.1, 0.15) is 23.4 Å². The molecule has 96 valence electrons. The topological polar surface area (TPSA) is 33.0 Å². The zero-order chi connectivity index (χ0) is 13.8. The number of hydrogen-bond acceptors (Lipinski definition) is 2. The number of halogens is 3. The maximum atomic E-state index is 13.4. The Morgan fingerprint density at radius 3 is 2.63 bits per heavy atom. The fourth-order valence-electron chi connectivity index (χ4n) is 1.50. The zero-order valence-corrected chi connectivity index (χ0v) is 12.8. The number of nitriles is 1. The molecule has 2 nitrogen and oxygen atoms in total. The Balaban J connectivity index is 2.33. The second-order valence-electron chi connectivity index (χ2n) is 3.75. The van der Waals surface area contributed by atoms with Gasteiger partial charge < -0.3 is 4.74 Å². The van der Waals surface area contributed by atoms with Crippen LogP contribution < -0.4 is 4.74 Å². The molecular formula is C14H8Br2FNO. The summed E-state index contributed by atoms with van der Waals surface area (Å²) in [6.45, 7) is 0. The van der Waals surface area contributed by atoms with Crippen molar-refractivity contribution in [1.82, 2.24) is 0 Å². The number of benzene rings is 2. The normalized spacial score (nSPS) is 10.0. The summed E-state index contributed by atoms with van der Waals surface area (Å²) >= 11 is 6.40. The lowest BCUT2D eigenvalue weighted by molar-refractivity contribution is 0.474. The van der Waals surface area contributed by atoms with Gasteiger partial charge in [-0.15, -0.1) is 0 Å². The molecule has 0 spiro atoms. The SMILES string of the molecule is N#Cc1cc(CBr)ccc1Oc1ccc(Br)c(F)c1.